The van der Waals surface area contributed by atoms with E-state index in [9.17, 15) is 18.3 Å². The van der Waals surface area contributed by atoms with E-state index < -0.39 is 11.7 Å². The van der Waals surface area contributed by atoms with Crippen molar-refractivity contribution in [2.45, 2.75) is 35.3 Å². The van der Waals surface area contributed by atoms with Crippen LogP contribution in [0.15, 0.2) is 23.4 Å². The molecule has 1 heterocycles. The maximum absolute atomic E-state index is 12.4. The van der Waals surface area contributed by atoms with Crippen molar-refractivity contribution >= 4 is 11.8 Å². The zero-order valence-corrected chi connectivity index (χ0v) is 10.9. The second-order valence-electron chi connectivity index (χ2n) is 4.64. The molecule has 2 atom stereocenters. The van der Waals surface area contributed by atoms with Crippen LogP contribution in [0.2, 0.25) is 0 Å². The molecular weight excluding hydrogens is 277 g/mol. The summed E-state index contributed by atoms with van der Waals surface area (Å²) < 4.78 is 37.2. The van der Waals surface area contributed by atoms with E-state index in [2.05, 4.69) is 4.98 Å². The average molecular weight is 292 g/mol. The molecule has 0 aliphatic heterocycles. The number of aliphatic hydroxyl groups excluding tert-OH is 1. The molecule has 2 rings (SSSR count). The Morgan fingerprint density at radius 1 is 1.42 bits per heavy atom. The molecule has 0 bridgehead atoms. The lowest BCUT2D eigenvalue weighted by Crippen LogP contribution is -2.36. The molecule has 19 heavy (non-hydrogen) atoms. The zero-order chi connectivity index (χ0) is 14.0. The third-order valence-corrected chi connectivity index (χ3v) is 4.36. The van der Waals surface area contributed by atoms with Crippen molar-refractivity contribution in [2.24, 2.45) is 11.7 Å². The monoisotopic (exact) mass is 292 g/mol. The summed E-state index contributed by atoms with van der Waals surface area (Å²) >= 11 is 1.23. The van der Waals surface area contributed by atoms with Gasteiger partial charge in [-0.15, -0.1) is 0 Å². The molecule has 0 radical (unpaired) electrons. The van der Waals surface area contributed by atoms with Gasteiger partial charge >= 0.3 is 6.18 Å². The summed E-state index contributed by atoms with van der Waals surface area (Å²) in [6.45, 7) is -0.106. The van der Waals surface area contributed by atoms with Gasteiger partial charge in [0.2, 0.25) is 0 Å². The highest BCUT2D eigenvalue weighted by atomic mass is 32.2. The zero-order valence-electron chi connectivity index (χ0n) is 10.1. The van der Waals surface area contributed by atoms with Gasteiger partial charge in [-0.3, -0.25) is 0 Å². The normalized spacial score (nSPS) is 19.2. The molecule has 0 spiro atoms. The summed E-state index contributed by atoms with van der Waals surface area (Å²) in [6.07, 6.45) is -1.46. The van der Waals surface area contributed by atoms with Crippen LogP contribution in [0, 0.1) is 5.92 Å². The Hall–Kier alpha value is -0.790. The lowest BCUT2D eigenvalue weighted by molar-refractivity contribution is -0.137. The van der Waals surface area contributed by atoms with E-state index >= 15 is 0 Å². The fourth-order valence-electron chi connectivity index (χ4n) is 1.80. The minimum absolute atomic E-state index is 0.106. The topological polar surface area (TPSA) is 59.1 Å². The van der Waals surface area contributed by atoms with Crippen molar-refractivity contribution < 1.29 is 18.3 Å². The lowest BCUT2D eigenvalue weighted by Gasteiger charge is -2.20. The summed E-state index contributed by atoms with van der Waals surface area (Å²) in [7, 11) is 0. The molecule has 0 amide bonds. The molecule has 0 aromatic carbocycles. The Kier molecular flexibility index (Phi) is 4.37. The van der Waals surface area contributed by atoms with E-state index in [1.165, 1.54) is 17.8 Å². The molecule has 3 N–H and O–H groups in total. The molecule has 1 aromatic rings. The summed E-state index contributed by atoms with van der Waals surface area (Å²) in [4.78, 5) is 3.77. The van der Waals surface area contributed by atoms with E-state index in [-0.39, 0.29) is 17.9 Å². The van der Waals surface area contributed by atoms with Crippen molar-refractivity contribution in [3.63, 3.8) is 0 Å². The third kappa shape index (κ3) is 3.84. The number of pyridine rings is 1. The molecule has 3 nitrogen and oxygen atoms in total. The van der Waals surface area contributed by atoms with Crippen molar-refractivity contribution in [1.82, 2.24) is 4.98 Å². The minimum Gasteiger partial charge on any atom is -0.395 e. The van der Waals surface area contributed by atoms with E-state index in [0.29, 0.717) is 10.9 Å². The highest BCUT2D eigenvalue weighted by molar-refractivity contribution is 7.99. The number of thioether (sulfide) groups is 1. The molecule has 1 aromatic heterocycles. The van der Waals surface area contributed by atoms with Gasteiger partial charge in [0.1, 0.15) is 0 Å². The number of rotatable bonds is 5. The molecule has 2 unspecified atom stereocenters. The van der Waals surface area contributed by atoms with Crippen LogP contribution in [0.3, 0.4) is 0 Å². The minimum atomic E-state index is -4.38. The van der Waals surface area contributed by atoms with Crippen molar-refractivity contribution in [2.75, 3.05) is 6.61 Å². The van der Waals surface area contributed by atoms with Gasteiger partial charge in [0.15, 0.2) is 0 Å². The Bertz CT molecular complexity index is 420. The number of hydrogen-bond donors (Lipinski definition) is 2. The van der Waals surface area contributed by atoms with Gasteiger partial charge in [-0.25, -0.2) is 4.98 Å². The fraction of sp³-hybridized carbons (Fsp3) is 0.583. The fourth-order valence-corrected chi connectivity index (χ4v) is 2.82. The molecule has 106 valence electrons. The third-order valence-electron chi connectivity index (χ3n) is 3.11. The molecular formula is C12H15F3N2OS. The van der Waals surface area contributed by atoms with E-state index in [4.69, 9.17) is 5.73 Å². The van der Waals surface area contributed by atoms with Crippen LogP contribution in [0.4, 0.5) is 13.2 Å². The van der Waals surface area contributed by atoms with Crippen molar-refractivity contribution in [1.29, 1.82) is 0 Å². The first-order valence-electron chi connectivity index (χ1n) is 5.98. The van der Waals surface area contributed by atoms with E-state index in [1.807, 2.05) is 0 Å². The van der Waals surface area contributed by atoms with Gasteiger partial charge in [-0.1, -0.05) is 11.8 Å². The average Bonchev–Trinajstić information content (AvgIpc) is 3.19. The summed E-state index contributed by atoms with van der Waals surface area (Å²) in [5, 5.41) is 9.53. The van der Waals surface area contributed by atoms with Crippen LogP contribution in [0.5, 0.6) is 0 Å². The van der Waals surface area contributed by atoms with E-state index in [1.54, 1.807) is 0 Å². The molecule has 1 aliphatic carbocycles. The number of aromatic nitrogens is 1. The Labute approximate surface area is 113 Å². The van der Waals surface area contributed by atoms with E-state index in [0.717, 1.165) is 25.1 Å². The maximum atomic E-state index is 12.4. The summed E-state index contributed by atoms with van der Waals surface area (Å²) in [6, 6.07) is 2.17. The van der Waals surface area contributed by atoms with Crippen LogP contribution in [0.1, 0.15) is 18.4 Å². The quantitative estimate of drug-likeness (QED) is 0.818. The van der Waals surface area contributed by atoms with Crippen LogP contribution in [0.25, 0.3) is 0 Å². The smallest absolute Gasteiger partial charge is 0.395 e. The van der Waals surface area contributed by atoms with Gasteiger partial charge in [0.25, 0.3) is 0 Å². The van der Waals surface area contributed by atoms with Gasteiger partial charge in [0, 0.05) is 17.5 Å². The lowest BCUT2D eigenvalue weighted by atomic mass is 10.1. The van der Waals surface area contributed by atoms with Crippen LogP contribution in [-0.2, 0) is 6.18 Å². The summed E-state index contributed by atoms with van der Waals surface area (Å²) in [5.41, 5.74) is 5.22. The molecule has 0 saturated heterocycles. The Balaban J connectivity index is 2.01. The first kappa shape index (κ1) is 14.6. The highest BCUT2D eigenvalue weighted by Crippen LogP contribution is 2.37. The van der Waals surface area contributed by atoms with Gasteiger partial charge < -0.3 is 10.8 Å². The van der Waals surface area contributed by atoms with Gasteiger partial charge in [-0.2, -0.15) is 13.2 Å². The van der Waals surface area contributed by atoms with Crippen molar-refractivity contribution in [3.8, 4) is 0 Å². The first-order valence-corrected chi connectivity index (χ1v) is 6.86. The second-order valence-corrected chi connectivity index (χ2v) is 5.90. The molecule has 7 heteroatoms. The number of hydrogen-bond acceptors (Lipinski definition) is 4. The standard InChI is InChI=1S/C12H15F3N2OS/c13-12(14,15)8-3-4-10(17-5-8)19-9(6-18)11(16)7-1-2-7/h3-5,7,9,11,18H,1-2,6,16H2. The van der Waals surface area contributed by atoms with Crippen LogP contribution in [-0.4, -0.2) is 28.0 Å². The van der Waals surface area contributed by atoms with Crippen LogP contribution < -0.4 is 5.73 Å². The number of nitrogens with two attached hydrogens (primary N) is 1. The van der Waals surface area contributed by atoms with Gasteiger partial charge in [0.05, 0.1) is 17.2 Å². The number of alkyl halides is 3. The highest BCUT2D eigenvalue weighted by Gasteiger charge is 2.35. The predicted octanol–water partition coefficient (Wildman–Crippen LogP) is 2.29. The number of halogens is 3. The molecule has 1 aliphatic rings. The molecule has 1 fully saturated rings. The Morgan fingerprint density at radius 2 is 2.11 bits per heavy atom. The predicted molar refractivity (Wildman–Crippen MR) is 66.7 cm³/mol. The largest absolute Gasteiger partial charge is 0.417 e. The number of aliphatic hydroxyl groups is 1. The number of nitrogens with zero attached hydrogens (tertiary/aromatic N) is 1. The Morgan fingerprint density at radius 3 is 2.53 bits per heavy atom. The van der Waals surface area contributed by atoms with Crippen LogP contribution >= 0.6 is 11.8 Å². The molecule has 1 saturated carbocycles. The van der Waals surface area contributed by atoms with Gasteiger partial charge in [-0.05, 0) is 30.9 Å². The SMILES string of the molecule is NC(C1CC1)C(CO)Sc1ccc(C(F)(F)F)cn1. The summed E-state index contributed by atoms with van der Waals surface area (Å²) in [5.74, 6) is 0.416. The van der Waals surface area contributed by atoms with Crippen molar-refractivity contribution in [3.05, 3.63) is 23.9 Å². The first-order chi connectivity index (χ1) is 8.91. The second kappa shape index (κ2) is 5.68. The maximum Gasteiger partial charge on any atom is 0.417 e.